The average Bonchev–Trinajstić information content (AvgIpc) is 2.44. The molecule has 4 heteroatoms. The van der Waals surface area contributed by atoms with Crippen molar-refractivity contribution in [2.75, 3.05) is 5.32 Å². The molecule has 2 N–H and O–H groups in total. The number of amides is 2. The zero-order valence-corrected chi connectivity index (χ0v) is 12.5. The maximum absolute atomic E-state index is 12.4. The highest BCUT2D eigenvalue weighted by molar-refractivity contribution is 6.04. The number of carbonyl (C=O) groups excluding carboxylic acids is 2. The first-order valence-corrected chi connectivity index (χ1v) is 7.04. The lowest BCUT2D eigenvalue weighted by molar-refractivity contribution is -0.126. The predicted molar refractivity (Wildman–Crippen MR) is 85.0 cm³/mol. The minimum Gasteiger partial charge on any atom is -0.344 e. The van der Waals surface area contributed by atoms with Crippen LogP contribution in [0.25, 0.3) is 10.8 Å². The fourth-order valence-corrected chi connectivity index (χ4v) is 2.30. The van der Waals surface area contributed by atoms with E-state index in [-0.39, 0.29) is 17.7 Å². The fraction of sp³-hybridized carbons (Fsp3) is 0.294. The highest BCUT2D eigenvalue weighted by Gasteiger charge is 2.23. The van der Waals surface area contributed by atoms with Crippen LogP contribution in [-0.4, -0.2) is 17.9 Å². The van der Waals surface area contributed by atoms with Crippen LogP contribution < -0.4 is 10.6 Å². The molecule has 0 fully saturated rings. The Morgan fingerprint density at radius 2 is 1.67 bits per heavy atom. The first kappa shape index (κ1) is 15.0. The van der Waals surface area contributed by atoms with E-state index < -0.39 is 6.04 Å². The van der Waals surface area contributed by atoms with Gasteiger partial charge in [-0.15, -0.1) is 0 Å². The second kappa shape index (κ2) is 6.39. The normalized spacial score (nSPS) is 12.2. The molecule has 0 saturated carbocycles. The Morgan fingerprint density at radius 1 is 1.00 bits per heavy atom. The predicted octanol–water partition coefficient (Wildman–Crippen LogP) is 2.94. The summed E-state index contributed by atoms with van der Waals surface area (Å²) in [4.78, 5) is 23.6. The van der Waals surface area contributed by atoms with Crippen LogP contribution in [0, 0.1) is 5.92 Å². The SMILES string of the molecule is CC(=O)N[C@@H](C(=O)Nc1cccc2ccccc12)C(C)C. The molecule has 4 nitrogen and oxygen atoms in total. The van der Waals surface area contributed by atoms with E-state index in [0.29, 0.717) is 0 Å². The third kappa shape index (κ3) is 3.60. The molecule has 110 valence electrons. The van der Waals surface area contributed by atoms with E-state index in [1.165, 1.54) is 6.92 Å². The van der Waals surface area contributed by atoms with Crippen LogP contribution in [0.1, 0.15) is 20.8 Å². The van der Waals surface area contributed by atoms with Crippen molar-refractivity contribution in [3.63, 3.8) is 0 Å². The van der Waals surface area contributed by atoms with Gasteiger partial charge in [-0.25, -0.2) is 0 Å². The average molecular weight is 284 g/mol. The van der Waals surface area contributed by atoms with Gasteiger partial charge in [0, 0.05) is 18.0 Å². The molecule has 0 spiro atoms. The zero-order chi connectivity index (χ0) is 15.4. The summed E-state index contributed by atoms with van der Waals surface area (Å²) in [5, 5.41) is 7.67. The van der Waals surface area contributed by atoms with Gasteiger partial charge in [0.25, 0.3) is 0 Å². The molecule has 0 unspecified atom stereocenters. The van der Waals surface area contributed by atoms with E-state index in [2.05, 4.69) is 10.6 Å². The summed E-state index contributed by atoms with van der Waals surface area (Å²) in [6.07, 6.45) is 0. The third-order valence-corrected chi connectivity index (χ3v) is 3.36. The van der Waals surface area contributed by atoms with E-state index in [9.17, 15) is 9.59 Å². The molecule has 2 rings (SSSR count). The van der Waals surface area contributed by atoms with Gasteiger partial charge in [0.15, 0.2) is 0 Å². The highest BCUT2D eigenvalue weighted by Crippen LogP contribution is 2.23. The molecular weight excluding hydrogens is 264 g/mol. The van der Waals surface area contributed by atoms with Crippen LogP contribution in [-0.2, 0) is 9.59 Å². The van der Waals surface area contributed by atoms with Gasteiger partial charge in [-0.2, -0.15) is 0 Å². The first-order chi connectivity index (χ1) is 9.99. The number of nitrogens with one attached hydrogen (secondary N) is 2. The summed E-state index contributed by atoms with van der Waals surface area (Å²) >= 11 is 0. The molecule has 0 saturated heterocycles. The Balaban J connectivity index is 2.26. The number of benzene rings is 2. The lowest BCUT2D eigenvalue weighted by atomic mass is 10.0. The molecule has 0 heterocycles. The molecule has 2 aromatic carbocycles. The Labute approximate surface area is 124 Å². The smallest absolute Gasteiger partial charge is 0.247 e. The minimum atomic E-state index is -0.540. The van der Waals surface area contributed by atoms with Crippen molar-refractivity contribution >= 4 is 28.3 Å². The summed E-state index contributed by atoms with van der Waals surface area (Å²) < 4.78 is 0. The van der Waals surface area contributed by atoms with E-state index >= 15 is 0 Å². The summed E-state index contributed by atoms with van der Waals surface area (Å²) in [5.74, 6) is -0.387. The summed E-state index contributed by atoms with van der Waals surface area (Å²) in [5.41, 5.74) is 0.758. The van der Waals surface area contributed by atoms with Crippen molar-refractivity contribution in [1.29, 1.82) is 0 Å². The fourth-order valence-electron chi connectivity index (χ4n) is 2.30. The Morgan fingerprint density at radius 3 is 2.33 bits per heavy atom. The zero-order valence-electron chi connectivity index (χ0n) is 12.5. The summed E-state index contributed by atoms with van der Waals surface area (Å²) in [6, 6.07) is 13.1. The molecule has 0 aliphatic carbocycles. The summed E-state index contributed by atoms with van der Waals surface area (Å²) in [7, 11) is 0. The maximum Gasteiger partial charge on any atom is 0.247 e. The van der Waals surface area contributed by atoms with Gasteiger partial charge in [-0.1, -0.05) is 50.2 Å². The molecule has 2 aromatic rings. The minimum absolute atomic E-state index is 0.0175. The molecule has 0 bridgehead atoms. The lowest BCUT2D eigenvalue weighted by Crippen LogP contribution is -2.46. The maximum atomic E-state index is 12.4. The van der Waals surface area contributed by atoms with Crippen molar-refractivity contribution in [1.82, 2.24) is 5.32 Å². The van der Waals surface area contributed by atoms with Gasteiger partial charge in [0.2, 0.25) is 11.8 Å². The van der Waals surface area contributed by atoms with Crippen molar-refractivity contribution in [3.8, 4) is 0 Å². The second-order valence-corrected chi connectivity index (χ2v) is 5.44. The quantitative estimate of drug-likeness (QED) is 0.907. The van der Waals surface area contributed by atoms with Crippen molar-refractivity contribution in [3.05, 3.63) is 42.5 Å². The van der Waals surface area contributed by atoms with Crippen LogP contribution in [0.2, 0.25) is 0 Å². The standard InChI is InChI=1S/C17H20N2O2/c1-11(2)16(18-12(3)20)17(21)19-15-10-6-8-13-7-4-5-9-14(13)15/h4-11,16H,1-3H3,(H,18,20)(H,19,21)/t16-/m1/s1. The van der Waals surface area contributed by atoms with Crippen molar-refractivity contribution in [2.45, 2.75) is 26.8 Å². The highest BCUT2D eigenvalue weighted by atomic mass is 16.2. The molecule has 0 aliphatic rings. The summed E-state index contributed by atoms with van der Waals surface area (Å²) in [6.45, 7) is 5.23. The number of rotatable bonds is 4. The largest absolute Gasteiger partial charge is 0.344 e. The Kier molecular flexibility index (Phi) is 4.58. The van der Waals surface area contributed by atoms with Gasteiger partial charge < -0.3 is 10.6 Å². The lowest BCUT2D eigenvalue weighted by Gasteiger charge is -2.21. The van der Waals surface area contributed by atoms with Gasteiger partial charge in [-0.3, -0.25) is 9.59 Å². The van der Waals surface area contributed by atoms with Gasteiger partial charge in [0.05, 0.1) is 0 Å². The van der Waals surface area contributed by atoms with Gasteiger partial charge >= 0.3 is 0 Å². The van der Waals surface area contributed by atoms with E-state index in [1.807, 2.05) is 56.3 Å². The van der Waals surface area contributed by atoms with Crippen LogP contribution in [0.3, 0.4) is 0 Å². The molecule has 1 atom stereocenters. The van der Waals surface area contributed by atoms with Crippen LogP contribution in [0.5, 0.6) is 0 Å². The molecule has 21 heavy (non-hydrogen) atoms. The number of anilines is 1. The molecule has 2 amide bonds. The Hall–Kier alpha value is -2.36. The number of hydrogen-bond donors (Lipinski definition) is 2. The number of hydrogen-bond acceptors (Lipinski definition) is 2. The molecule has 0 radical (unpaired) electrons. The monoisotopic (exact) mass is 284 g/mol. The molecular formula is C17H20N2O2. The number of carbonyl (C=O) groups is 2. The Bertz CT molecular complexity index is 659. The van der Waals surface area contributed by atoms with E-state index in [0.717, 1.165) is 16.5 Å². The molecule has 0 aromatic heterocycles. The van der Waals surface area contributed by atoms with Gasteiger partial charge in [-0.05, 0) is 17.4 Å². The molecule has 0 aliphatic heterocycles. The van der Waals surface area contributed by atoms with Crippen molar-refractivity contribution in [2.24, 2.45) is 5.92 Å². The number of fused-ring (bicyclic) bond motifs is 1. The second-order valence-electron chi connectivity index (χ2n) is 5.44. The van der Waals surface area contributed by atoms with Crippen LogP contribution in [0.15, 0.2) is 42.5 Å². The van der Waals surface area contributed by atoms with Crippen LogP contribution >= 0.6 is 0 Å². The topological polar surface area (TPSA) is 58.2 Å². The van der Waals surface area contributed by atoms with Gasteiger partial charge in [0.1, 0.15) is 6.04 Å². The van der Waals surface area contributed by atoms with E-state index in [1.54, 1.807) is 0 Å². The third-order valence-electron chi connectivity index (χ3n) is 3.36. The van der Waals surface area contributed by atoms with Crippen LogP contribution in [0.4, 0.5) is 5.69 Å². The van der Waals surface area contributed by atoms with E-state index in [4.69, 9.17) is 0 Å². The van der Waals surface area contributed by atoms with Crippen molar-refractivity contribution < 1.29 is 9.59 Å². The first-order valence-electron chi connectivity index (χ1n) is 7.04.